The van der Waals surface area contributed by atoms with Crippen LogP contribution in [0.15, 0.2) is 52.5 Å². The summed E-state index contributed by atoms with van der Waals surface area (Å²) in [6, 6.07) is 8.94. The highest BCUT2D eigenvalue weighted by Gasteiger charge is 2.36. The number of thioether (sulfide) groups is 1. The first-order chi connectivity index (χ1) is 18.7. The van der Waals surface area contributed by atoms with Crippen molar-refractivity contribution in [2.75, 3.05) is 13.1 Å². The molecule has 0 unspecified atom stereocenters. The largest absolute Gasteiger partial charge is 0.444 e. The highest BCUT2D eigenvalue weighted by atomic mass is 35.5. The van der Waals surface area contributed by atoms with Gasteiger partial charge in [-0.15, -0.1) is 0 Å². The van der Waals surface area contributed by atoms with E-state index in [4.69, 9.17) is 16.3 Å². The summed E-state index contributed by atoms with van der Waals surface area (Å²) in [5.41, 5.74) is 0.0543. The van der Waals surface area contributed by atoms with Crippen molar-refractivity contribution >= 4 is 57.5 Å². The molecule has 40 heavy (non-hydrogen) atoms. The Morgan fingerprint density at radius 1 is 1.20 bits per heavy atom. The average molecular weight is 592 g/mol. The molecule has 0 saturated carbocycles. The number of alkyl halides is 3. The first kappa shape index (κ1) is 28.0. The number of nitrogens with one attached hydrogen (secondary N) is 1. The lowest BCUT2D eigenvalue weighted by atomic mass is 10.1. The number of fused-ring (bicyclic) bond motifs is 1. The quantitative estimate of drug-likeness (QED) is 0.378. The molecule has 0 spiro atoms. The van der Waals surface area contributed by atoms with Gasteiger partial charge in [-0.1, -0.05) is 23.7 Å². The number of alkyl carbamates (subject to hydrolysis) is 1. The first-order valence-electron chi connectivity index (χ1n) is 12.3. The standard InChI is InChI=1S/C27H25ClF3N5O3S/c1-26(2,3)39-25(38)33-19-13-35(14-19)24-34-23(37)22(40-24)9-15-4-7-21-17(8-15)11-32-36(21)12-16-5-6-18(28)10-20(16)27(29,30)31/h4-11,19H,12-14H2,1-3H3,(H,33,38)/b22-9-. The van der Waals surface area contributed by atoms with Crippen LogP contribution in [0.2, 0.25) is 5.02 Å². The molecule has 2 amide bonds. The van der Waals surface area contributed by atoms with Crippen LogP contribution in [0, 0.1) is 0 Å². The van der Waals surface area contributed by atoms with Gasteiger partial charge >= 0.3 is 12.3 Å². The number of carbonyl (C=O) groups is 2. The van der Waals surface area contributed by atoms with Crippen LogP contribution in [0.3, 0.4) is 0 Å². The lowest BCUT2D eigenvalue weighted by molar-refractivity contribution is -0.138. The number of benzene rings is 2. The van der Waals surface area contributed by atoms with Crippen molar-refractivity contribution in [2.24, 2.45) is 4.99 Å². The Hall–Kier alpha value is -3.51. The molecule has 1 saturated heterocycles. The Labute approximate surface area is 237 Å². The van der Waals surface area contributed by atoms with Crippen LogP contribution in [0.1, 0.15) is 37.5 Å². The first-order valence-corrected chi connectivity index (χ1v) is 13.5. The van der Waals surface area contributed by atoms with Gasteiger partial charge in [0.1, 0.15) is 5.60 Å². The number of hydrogen-bond acceptors (Lipinski definition) is 6. The minimum Gasteiger partial charge on any atom is -0.444 e. The molecular formula is C27H25ClF3N5O3S. The van der Waals surface area contributed by atoms with E-state index in [-0.39, 0.29) is 29.1 Å². The van der Waals surface area contributed by atoms with Crippen molar-refractivity contribution in [3.63, 3.8) is 0 Å². The molecule has 0 bridgehead atoms. The number of amides is 2. The average Bonchev–Trinajstić information content (AvgIpc) is 3.38. The number of halogens is 4. The number of aromatic nitrogens is 2. The van der Waals surface area contributed by atoms with Crippen molar-refractivity contribution in [1.82, 2.24) is 20.0 Å². The Morgan fingerprint density at radius 3 is 2.65 bits per heavy atom. The fourth-order valence-corrected chi connectivity index (χ4v) is 5.42. The van der Waals surface area contributed by atoms with E-state index < -0.39 is 23.4 Å². The molecule has 1 aromatic heterocycles. The van der Waals surface area contributed by atoms with Crippen LogP contribution in [-0.2, 0) is 22.3 Å². The zero-order valence-corrected chi connectivity index (χ0v) is 23.3. The minimum atomic E-state index is -4.54. The summed E-state index contributed by atoms with van der Waals surface area (Å²) in [6.45, 7) is 6.33. The Balaban J connectivity index is 1.24. The van der Waals surface area contributed by atoms with E-state index in [2.05, 4.69) is 15.4 Å². The van der Waals surface area contributed by atoms with Gasteiger partial charge in [-0.05, 0) is 74.0 Å². The normalized spacial score (nSPS) is 17.4. The number of nitrogens with zero attached hydrogens (tertiary/aromatic N) is 4. The zero-order chi connectivity index (χ0) is 28.8. The summed E-state index contributed by atoms with van der Waals surface area (Å²) in [7, 11) is 0. The van der Waals surface area contributed by atoms with Crippen molar-refractivity contribution in [2.45, 2.75) is 45.1 Å². The van der Waals surface area contributed by atoms with E-state index >= 15 is 0 Å². The summed E-state index contributed by atoms with van der Waals surface area (Å²) >= 11 is 7.05. The number of amidine groups is 1. The van der Waals surface area contributed by atoms with Gasteiger partial charge in [0.2, 0.25) is 0 Å². The third kappa shape index (κ3) is 6.28. The zero-order valence-electron chi connectivity index (χ0n) is 21.8. The van der Waals surface area contributed by atoms with Crippen molar-refractivity contribution in [3.05, 3.63) is 69.2 Å². The molecule has 2 aromatic carbocycles. The maximum absolute atomic E-state index is 13.5. The van der Waals surface area contributed by atoms with Crippen LogP contribution < -0.4 is 5.32 Å². The number of carbonyl (C=O) groups excluding carboxylic acids is 2. The second-order valence-corrected chi connectivity index (χ2v) is 11.9. The third-order valence-electron chi connectivity index (χ3n) is 6.14. The monoisotopic (exact) mass is 591 g/mol. The molecule has 8 nitrogen and oxygen atoms in total. The highest BCUT2D eigenvalue weighted by molar-refractivity contribution is 8.18. The van der Waals surface area contributed by atoms with Gasteiger partial charge in [0.15, 0.2) is 5.17 Å². The molecule has 1 fully saturated rings. The molecule has 0 atom stereocenters. The SMILES string of the molecule is CC(C)(C)OC(=O)NC1CN(C2=NC(=O)/C(=C/c3ccc4c(cnn4Cc4ccc(Cl)cc4C(F)(F)F)c3)S2)C1. The predicted molar refractivity (Wildman–Crippen MR) is 148 cm³/mol. The van der Waals surface area contributed by atoms with Crippen LogP contribution in [0.4, 0.5) is 18.0 Å². The molecule has 0 aliphatic carbocycles. The fourth-order valence-electron chi connectivity index (χ4n) is 4.32. The number of aliphatic imine (C=N–C) groups is 1. The minimum absolute atomic E-state index is 0.0111. The summed E-state index contributed by atoms with van der Waals surface area (Å²) in [4.78, 5) is 31.0. The predicted octanol–water partition coefficient (Wildman–Crippen LogP) is 5.94. The van der Waals surface area contributed by atoms with Crippen molar-refractivity contribution in [3.8, 4) is 0 Å². The molecule has 5 rings (SSSR count). The van der Waals surface area contributed by atoms with Gasteiger partial charge in [0, 0.05) is 23.5 Å². The number of hydrogen-bond donors (Lipinski definition) is 1. The van der Waals surface area contributed by atoms with Crippen LogP contribution in [-0.4, -0.2) is 56.6 Å². The Bertz CT molecular complexity index is 1550. The summed E-state index contributed by atoms with van der Waals surface area (Å²) in [6.07, 6.45) is -1.73. The number of ether oxygens (including phenoxy) is 1. The van der Waals surface area contributed by atoms with E-state index in [1.54, 1.807) is 45.2 Å². The van der Waals surface area contributed by atoms with Crippen LogP contribution >= 0.6 is 23.4 Å². The Kier molecular flexibility index (Phi) is 7.34. The molecule has 3 aromatic rings. The van der Waals surface area contributed by atoms with Gasteiger partial charge in [-0.3, -0.25) is 9.48 Å². The molecule has 2 aliphatic heterocycles. The summed E-state index contributed by atoms with van der Waals surface area (Å²) < 4.78 is 47.3. The van der Waals surface area contributed by atoms with Crippen molar-refractivity contribution in [1.29, 1.82) is 0 Å². The van der Waals surface area contributed by atoms with Gasteiger partial charge < -0.3 is 15.0 Å². The molecule has 0 radical (unpaired) electrons. The maximum atomic E-state index is 13.5. The van der Waals surface area contributed by atoms with Crippen molar-refractivity contribution < 1.29 is 27.5 Å². The van der Waals surface area contributed by atoms with E-state index in [0.29, 0.717) is 34.1 Å². The summed E-state index contributed by atoms with van der Waals surface area (Å²) in [5, 5.41) is 8.37. The summed E-state index contributed by atoms with van der Waals surface area (Å²) in [5.74, 6) is -0.359. The lowest BCUT2D eigenvalue weighted by Gasteiger charge is -2.40. The van der Waals surface area contributed by atoms with Gasteiger partial charge in [-0.2, -0.15) is 23.3 Å². The molecular weight excluding hydrogens is 567 g/mol. The second-order valence-electron chi connectivity index (χ2n) is 10.5. The van der Waals surface area contributed by atoms with Gasteiger partial charge in [0.25, 0.3) is 5.91 Å². The highest BCUT2D eigenvalue weighted by Crippen LogP contribution is 2.35. The Morgan fingerprint density at radius 2 is 1.95 bits per heavy atom. The van der Waals surface area contributed by atoms with E-state index in [1.807, 2.05) is 11.0 Å². The molecule has 2 aliphatic rings. The van der Waals surface area contributed by atoms with E-state index in [0.717, 1.165) is 11.6 Å². The van der Waals surface area contributed by atoms with Crippen LogP contribution in [0.5, 0.6) is 0 Å². The van der Waals surface area contributed by atoms with Gasteiger partial charge in [-0.25, -0.2) is 4.79 Å². The molecule has 13 heteroatoms. The topological polar surface area (TPSA) is 88.8 Å². The number of rotatable bonds is 4. The third-order valence-corrected chi connectivity index (χ3v) is 7.42. The lowest BCUT2D eigenvalue weighted by Crippen LogP contribution is -2.60. The van der Waals surface area contributed by atoms with E-state index in [9.17, 15) is 22.8 Å². The molecule has 1 N–H and O–H groups in total. The number of likely N-dealkylation sites (tertiary alicyclic amines) is 1. The smallest absolute Gasteiger partial charge is 0.416 e. The molecule has 210 valence electrons. The molecule has 3 heterocycles. The maximum Gasteiger partial charge on any atom is 0.416 e. The fraction of sp³-hybridized carbons (Fsp3) is 0.333. The van der Waals surface area contributed by atoms with Crippen LogP contribution in [0.25, 0.3) is 17.0 Å². The van der Waals surface area contributed by atoms with E-state index in [1.165, 1.54) is 28.6 Å². The van der Waals surface area contributed by atoms with Gasteiger partial charge in [0.05, 0.1) is 34.8 Å². The second kappa shape index (κ2) is 10.5.